The lowest BCUT2D eigenvalue weighted by Gasteiger charge is -2.24. The maximum Gasteiger partial charge on any atom is 0.420 e. The smallest absolute Gasteiger partial charge is 0.420 e. The second kappa shape index (κ2) is 5.20. The zero-order valence-electron chi connectivity index (χ0n) is 10.5. The number of hydrogen-bond donors (Lipinski definition) is 4. The Kier molecular flexibility index (Phi) is 4.18. The lowest BCUT2D eigenvalue weighted by molar-refractivity contribution is -0.143. The molecule has 0 unspecified atom stereocenters. The van der Waals surface area contributed by atoms with Crippen LogP contribution in [-0.2, 0) is 17.4 Å². The second-order valence-corrected chi connectivity index (χ2v) is 4.46. The van der Waals surface area contributed by atoms with Crippen molar-refractivity contribution < 1.29 is 33.3 Å². The van der Waals surface area contributed by atoms with Crippen molar-refractivity contribution in [2.24, 2.45) is 5.73 Å². The van der Waals surface area contributed by atoms with Gasteiger partial charge in [-0.1, -0.05) is 13.0 Å². The summed E-state index contributed by atoms with van der Waals surface area (Å²) in [6, 6.07) is 1.47. The summed E-state index contributed by atoms with van der Waals surface area (Å²) in [6.07, 6.45) is -5.22. The van der Waals surface area contributed by atoms with E-state index in [9.17, 15) is 28.2 Å². The van der Waals surface area contributed by atoms with Crippen LogP contribution in [0.4, 0.5) is 13.2 Å². The summed E-state index contributed by atoms with van der Waals surface area (Å²) < 4.78 is 37.5. The first-order valence-corrected chi connectivity index (χ1v) is 5.66. The van der Waals surface area contributed by atoms with Crippen LogP contribution in [0, 0.1) is 0 Å². The number of phenols is 2. The molecule has 0 aliphatic carbocycles. The molecule has 0 spiro atoms. The van der Waals surface area contributed by atoms with Crippen LogP contribution in [0.15, 0.2) is 12.1 Å². The topological polar surface area (TPSA) is 104 Å². The fourth-order valence-electron chi connectivity index (χ4n) is 1.68. The normalized spacial score (nSPS) is 14.8. The lowest BCUT2D eigenvalue weighted by atomic mass is 9.88. The number of carbonyl (C=O) groups is 1. The van der Waals surface area contributed by atoms with Gasteiger partial charge in [-0.15, -0.1) is 0 Å². The van der Waals surface area contributed by atoms with Gasteiger partial charge in [0.05, 0.1) is 0 Å². The molecule has 0 amide bonds. The number of carboxylic acid groups (broad SMARTS) is 1. The van der Waals surface area contributed by atoms with E-state index in [-0.39, 0.29) is 12.0 Å². The van der Waals surface area contributed by atoms with Gasteiger partial charge in [-0.3, -0.25) is 4.79 Å². The van der Waals surface area contributed by atoms with Gasteiger partial charge >= 0.3 is 12.1 Å². The number of phenolic OH excluding ortho intramolecular Hbond substituents is 2. The molecule has 5 N–H and O–H groups in total. The highest BCUT2D eigenvalue weighted by Gasteiger charge is 2.37. The number of halogens is 3. The Bertz CT molecular complexity index is 530. The van der Waals surface area contributed by atoms with Crippen LogP contribution < -0.4 is 5.73 Å². The van der Waals surface area contributed by atoms with Gasteiger partial charge in [0.2, 0.25) is 0 Å². The minimum atomic E-state index is -4.82. The first-order chi connectivity index (χ1) is 9.03. The minimum Gasteiger partial charge on any atom is -0.504 e. The van der Waals surface area contributed by atoms with Crippen molar-refractivity contribution in [1.29, 1.82) is 0 Å². The van der Waals surface area contributed by atoms with Crippen LogP contribution in [0.2, 0.25) is 0 Å². The monoisotopic (exact) mass is 293 g/mol. The van der Waals surface area contributed by atoms with Gasteiger partial charge in [-0.2, -0.15) is 13.2 Å². The molecule has 5 nitrogen and oxygen atoms in total. The van der Waals surface area contributed by atoms with E-state index < -0.39 is 41.2 Å². The highest BCUT2D eigenvalue weighted by molar-refractivity contribution is 5.79. The van der Waals surface area contributed by atoms with Crippen molar-refractivity contribution in [3.05, 3.63) is 23.3 Å². The van der Waals surface area contributed by atoms with Crippen molar-refractivity contribution in [2.75, 3.05) is 0 Å². The third-order valence-electron chi connectivity index (χ3n) is 3.10. The predicted octanol–water partition coefficient (Wildman–Crippen LogP) is 1.85. The van der Waals surface area contributed by atoms with Crippen LogP contribution in [0.25, 0.3) is 0 Å². The Balaban J connectivity index is 3.24. The summed E-state index contributed by atoms with van der Waals surface area (Å²) in [4.78, 5) is 11.0. The first-order valence-electron chi connectivity index (χ1n) is 5.66. The molecule has 0 aliphatic rings. The molecule has 1 aromatic carbocycles. The van der Waals surface area contributed by atoms with E-state index in [1.54, 1.807) is 0 Å². The molecule has 0 radical (unpaired) electrons. The number of benzene rings is 1. The van der Waals surface area contributed by atoms with Crippen molar-refractivity contribution in [3.63, 3.8) is 0 Å². The Morgan fingerprint density at radius 3 is 2.20 bits per heavy atom. The Morgan fingerprint density at radius 2 is 1.80 bits per heavy atom. The van der Waals surface area contributed by atoms with E-state index in [4.69, 9.17) is 10.8 Å². The van der Waals surface area contributed by atoms with E-state index in [0.717, 1.165) is 6.07 Å². The van der Waals surface area contributed by atoms with Crippen LogP contribution in [0.5, 0.6) is 11.5 Å². The molecule has 0 bridgehead atoms. The number of carboxylic acids is 1. The van der Waals surface area contributed by atoms with Gasteiger partial charge < -0.3 is 21.1 Å². The quantitative estimate of drug-likeness (QED) is 0.634. The third-order valence-corrected chi connectivity index (χ3v) is 3.10. The molecule has 0 saturated heterocycles. The molecule has 1 atom stereocenters. The number of rotatable bonds is 4. The van der Waals surface area contributed by atoms with E-state index in [2.05, 4.69) is 0 Å². The van der Waals surface area contributed by atoms with Gasteiger partial charge in [0.15, 0.2) is 11.5 Å². The summed E-state index contributed by atoms with van der Waals surface area (Å²) in [5.74, 6) is -3.69. The average Bonchev–Trinajstić information content (AvgIpc) is 2.33. The largest absolute Gasteiger partial charge is 0.504 e. The number of hydrogen-bond acceptors (Lipinski definition) is 4. The summed E-state index contributed by atoms with van der Waals surface area (Å²) >= 11 is 0. The molecular formula is C12H14F3NO4. The van der Waals surface area contributed by atoms with E-state index in [0.29, 0.717) is 6.07 Å². The maximum absolute atomic E-state index is 12.5. The molecule has 0 saturated carbocycles. The fraction of sp³-hybridized carbons (Fsp3) is 0.417. The van der Waals surface area contributed by atoms with Crippen LogP contribution in [-0.4, -0.2) is 26.8 Å². The molecule has 0 aliphatic heterocycles. The van der Waals surface area contributed by atoms with Crippen molar-refractivity contribution in [2.45, 2.75) is 31.5 Å². The molecule has 1 aromatic rings. The Morgan fingerprint density at radius 1 is 1.25 bits per heavy atom. The summed E-state index contributed by atoms with van der Waals surface area (Å²) in [5, 5.41) is 27.9. The van der Waals surface area contributed by atoms with Gasteiger partial charge in [0.1, 0.15) is 11.1 Å². The zero-order chi connectivity index (χ0) is 15.7. The van der Waals surface area contributed by atoms with Gasteiger partial charge in [0, 0.05) is 12.0 Å². The van der Waals surface area contributed by atoms with Crippen LogP contribution in [0.3, 0.4) is 0 Å². The molecule has 112 valence electrons. The number of aliphatic carboxylic acids is 1. The molecule has 8 heteroatoms. The second-order valence-electron chi connectivity index (χ2n) is 4.46. The number of alkyl halides is 3. The molecule has 20 heavy (non-hydrogen) atoms. The summed E-state index contributed by atoms with van der Waals surface area (Å²) in [5.41, 5.74) is 2.31. The minimum absolute atomic E-state index is 0.00353. The van der Waals surface area contributed by atoms with Crippen LogP contribution in [0.1, 0.15) is 24.5 Å². The summed E-state index contributed by atoms with van der Waals surface area (Å²) in [6.45, 7) is 1.50. The molecule has 1 rings (SSSR count). The summed E-state index contributed by atoms with van der Waals surface area (Å²) in [7, 11) is 0. The highest BCUT2D eigenvalue weighted by Crippen LogP contribution is 2.42. The van der Waals surface area contributed by atoms with Gasteiger partial charge in [-0.25, -0.2) is 0 Å². The van der Waals surface area contributed by atoms with E-state index >= 15 is 0 Å². The Labute approximate surface area is 112 Å². The third kappa shape index (κ3) is 2.96. The maximum atomic E-state index is 12.5. The molecule has 0 heterocycles. The first kappa shape index (κ1) is 16.1. The fourth-order valence-corrected chi connectivity index (χ4v) is 1.68. The van der Waals surface area contributed by atoms with E-state index in [1.165, 1.54) is 6.92 Å². The van der Waals surface area contributed by atoms with Crippen LogP contribution >= 0.6 is 0 Å². The molecule has 0 aromatic heterocycles. The van der Waals surface area contributed by atoms with E-state index in [1.807, 2.05) is 0 Å². The predicted molar refractivity (Wildman–Crippen MR) is 63.3 cm³/mol. The lowest BCUT2D eigenvalue weighted by Crippen LogP contribution is -2.49. The molecular weight excluding hydrogens is 279 g/mol. The number of aromatic hydroxyl groups is 2. The number of nitrogens with two attached hydrogens (primary N) is 1. The Hall–Kier alpha value is -1.96. The van der Waals surface area contributed by atoms with Crippen molar-refractivity contribution >= 4 is 5.97 Å². The standard InChI is InChI=1S/C12H14F3NO4/c1-2-11(16,10(19)20)5-6-3-4-7(12(13,14)15)9(18)8(6)17/h3-4,17-18H,2,5,16H2,1H3,(H,19,20)/t11-/m0/s1. The average molecular weight is 293 g/mol. The molecule has 0 fully saturated rings. The zero-order valence-corrected chi connectivity index (χ0v) is 10.5. The van der Waals surface area contributed by atoms with Crippen molar-refractivity contribution in [1.82, 2.24) is 0 Å². The van der Waals surface area contributed by atoms with Gasteiger partial charge in [0.25, 0.3) is 0 Å². The SMILES string of the molecule is CC[C@](N)(Cc1ccc(C(F)(F)F)c(O)c1O)C(=O)O. The van der Waals surface area contributed by atoms with Crippen molar-refractivity contribution in [3.8, 4) is 11.5 Å². The highest BCUT2D eigenvalue weighted by atomic mass is 19.4. The van der Waals surface area contributed by atoms with Gasteiger partial charge in [-0.05, 0) is 12.5 Å².